The van der Waals surface area contributed by atoms with E-state index in [1.165, 1.54) is 19.6 Å². The summed E-state index contributed by atoms with van der Waals surface area (Å²) in [5.41, 5.74) is 2.25. The van der Waals surface area contributed by atoms with Gasteiger partial charge in [-0.3, -0.25) is 9.36 Å². The van der Waals surface area contributed by atoms with E-state index in [0.717, 1.165) is 37.1 Å². The second-order valence-electron chi connectivity index (χ2n) is 12.9. The number of hydrogen-bond donors (Lipinski definition) is 1. The number of halogens is 1. The van der Waals surface area contributed by atoms with E-state index >= 15 is 0 Å². The average molecular weight is 576 g/mol. The molecule has 4 aliphatic rings. The number of nitrogens with zero attached hydrogens (tertiary/aromatic N) is 4. The number of anilines is 1. The molecule has 4 fully saturated rings. The molecule has 8 nitrogen and oxygen atoms in total. The van der Waals surface area contributed by atoms with E-state index in [9.17, 15) is 9.18 Å². The lowest BCUT2D eigenvalue weighted by Gasteiger charge is -2.61. The second-order valence-corrected chi connectivity index (χ2v) is 12.9. The fourth-order valence-electron chi connectivity index (χ4n) is 7.28. The summed E-state index contributed by atoms with van der Waals surface area (Å²) in [4.78, 5) is 25.5. The Morgan fingerprint density at radius 1 is 1.21 bits per heavy atom. The van der Waals surface area contributed by atoms with Gasteiger partial charge in [0.2, 0.25) is 0 Å². The predicted molar refractivity (Wildman–Crippen MR) is 164 cm³/mol. The monoisotopic (exact) mass is 575 g/mol. The minimum Gasteiger partial charge on any atom is -0.497 e. The van der Waals surface area contributed by atoms with Gasteiger partial charge in [0.05, 0.1) is 43.1 Å². The van der Waals surface area contributed by atoms with Gasteiger partial charge in [-0.1, -0.05) is 26.8 Å². The van der Waals surface area contributed by atoms with E-state index in [2.05, 4.69) is 42.9 Å². The smallest absolute Gasteiger partial charge is 0.261 e. The van der Waals surface area contributed by atoms with Gasteiger partial charge in [-0.2, -0.15) is 0 Å². The maximum atomic E-state index is 14.4. The summed E-state index contributed by atoms with van der Waals surface area (Å²) < 4.78 is 26.9. The van der Waals surface area contributed by atoms with Gasteiger partial charge >= 0.3 is 0 Å². The van der Waals surface area contributed by atoms with Gasteiger partial charge in [0.1, 0.15) is 11.6 Å². The van der Waals surface area contributed by atoms with Crippen LogP contribution in [-0.2, 0) is 17.7 Å². The molecule has 2 aromatic carbocycles. The number of nitrogens with one attached hydrogen (secondary N) is 1. The van der Waals surface area contributed by atoms with Gasteiger partial charge in [-0.15, -0.1) is 0 Å². The van der Waals surface area contributed by atoms with Crippen LogP contribution in [0.25, 0.3) is 10.9 Å². The highest BCUT2D eigenvalue weighted by molar-refractivity contribution is 5.96. The maximum absolute atomic E-state index is 14.4. The number of morpholine rings is 1. The zero-order valence-corrected chi connectivity index (χ0v) is 25.3. The summed E-state index contributed by atoms with van der Waals surface area (Å²) in [6, 6.07) is 10.7. The molecule has 2 bridgehead atoms. The Kier molecular flexibility index (Phi) is 7.72. The minimum atomic E-state index is -0.345. The molecule has 1 N–H and O–H groups in total. The molecule has 2 heterocycles. The van der Waals surface area contributed by atoms with Crippen molar-refractivity contribution in [1.82, 2.24) is 14.5 Å². The Hall–Kier alpha value is -3.46. The van der Waals surface area contributed by atoms with Gasteiger partial charge in [-0.05, 0) is 79.2 Å². The molecule has 9 heteroatoms. The van der Waals surface area contributed by atoms with Crippen LogP contribution in [0.3, 0.4) is 0 Å². The van der Waals surface area contributed by atoms with Crippen molar-refractivity contribution < 1.29 is 13.9 Å². The van der Waals surface area contributed by atoms with Crippen LogP contribution < -0.4 is 15.6 Å². The molecule has 1 aliphatic heterocycles. The SMILES string of the molecule is COc1ccc(CCn2cnc3cc(N/C(=N/C4C[C@@H]5C[C@H]([C@@H]4C)C5(C)C)N4CCO[C@@H](C)C4)ccc3c2=O)c(F)c1. The zero-order valence-electron chi connectivity index (χ0n) is 25.3. The van der Waals surface area contributed by atoms with Crippen LogP contribution in [0.1, 0.15) is 46.1 Å². The topological polar surface area (TPSA) is 81.0 Å². The van der Waals surface area contributed by atoms with Crippen LogP contribution in [0.15, 0.2) is 52.5 Å². The summed E-state index contributed by atoms with van der Waals surface area (Å²) in [6.07, 6.45) is 4.49. The number of methoxy groups -OCH3 is 1. The van der Waals surface area contributed by atoms with Crippen LogP contribution in [0.5, 0.6) is 5.75 Å². The first kappa shape index (κ1) is 28.6. The molecule has 1 aromatic heterocycles. The van der Waals surface area contributed by atoms with Crippen LogP contribution in [0.4, 0.5) is 10.1 Å². The molecule has 1 saturated heterocycles. The highest BCUT2D eigenvalue weighted by atomic mass is 19.1. The van der Waals surface area contributed by atoms with Crippen LogP contribution >= 0.6 is 0 Å². The summed E-state index contributed by atoms with van der Waals surface area (Å²) in [7, 11) is 1.51. The number of benzene rings is 2. The molecule has 224 valence electrons. The lowest BCUT2D eigenvalue weighted by Crippen LogP contribution is -2.57. The predicted octanol–water partition coefficient (Wildman–Crippen LogP) is 5.35. The highest BCUT2D eigenvalue weighted by Gasteiger charge is 2.56. The first-order valence-corrected chi connectivity index (χ1v) is 15.2. The van der Waals surface area contributed by atoms with Gasteiger partial charge in [0.15, 0.2) is 5.96 Å². The van der Waals surface area contributed by atoms with Crippen molar-refractivity contribution in [3.8, 4) is 5.75 Å². The van der Waals surface area contributed by atoms with Crippen molar-refractivity contribution in [3.63, 3.8) is 0 Å². The quantitative estimate of drug-likeness (QED) is 0.316. The number of guanidine groups is 1. The third-order valence-corrected chi connectivity index (χ3v) is 10.1. The summed E-state index contributed by atoms with van der Waals surface area (Å²) >= 11 is 0. The Morgan fingerprint density at radius 3 is 2.76 bits per heavy atom. The van der Waals surface area contributed by atoms with E-state index in [1.807, 2.05) is 18.2 Å². The molecule has 0 radical (unpaired) electrons. The Balaban J connectivity index is 1.22. The van der Waals surface area contributed by atoms with Crippen molar-refractivity contribution in [2.75, 3.05) is 32.1 Å². The standard InChI is InChI=1S/C33H42FN5O3/c1-20-18-38(12-13-42-20)32(37-29-15-23-14-27(21(29)2)33(23,3)4)36-24-7-9-26-30(16-24)35-19-39(31(26)40)11-10-22-6-8-25(41-5)17-28(22)34/h6-9,16-17,19-21,23,27,29H,10-15,18H2,1-5H3,(H,36,37)/t20-,21-,23-,27+,29?/m0/s1. The fraction of sp³-hybridized carbons (Fsp3) is 0.545. The first-order valence-electron chi connectivity index (χ1n) is 15.2. The summed E-state index contributed by atoms with van der Waals surface area (Å²) in [6.45, 7) is 11.8. The molecule has 0 spiro atoms. The van der Waals surface area contributed by atoms with Crippen molar-refractivity contribution in [2.45, 2.75) is 65.6 Å². The Bertz CT molecular complexity index is 1550. The normalized spacial score (nSPS) is 27.0. The molecule has 3 saturated carbocycles. The number of aromatic nitrogens is 2. The molecule has 3 aromatic rings. The number of aryl methyl sites for hydroxylation is 2. The maximum Gasteiger partial charge on any atom is 0.261 e. The molecule has 7 rings (SSSR count). The first-order chi connectivity index (χ1) is 20.1. The highest BCUT2D eigenvalue weighted by Crippen LogP contribution is 2.61. The molecular weight excluding hydrogens is 533 g/mol. The second kappa shape index (κ2) is 11.3. The van der Waals surface area contributed by atoms with E-state index in [4.69, 9.17) is 14.5 Å². The number of hydrogen-bond acceptors (Lipinski definition) is 5. The van der Waals surface area contributed by atoms with E-state index in [0.29, 0.717) is 59.0 Å². The van der Waals surface area contributed by atoms with Gasteiger partial charge in [0.25, 0.3) is 5.56 Å². The minimum absolute atomic E-state index is 0.130. The molecule has 5 atom stereocenters. The molecule has 3 aliphatic carbocycles. The van der Waals surface area contributed by atoms with Crippen LogP contribution in [0.2, 0.25) is 0 Å². The van der Waals surface area contributed by atoms with Gasteiger partial charge < -0.3 is 19.7 Å². The molecule has 42 heavy (non-hydrogen) atoms. The van der Waals surface area contributed by atoms with Crippen molar-refractivity contribution in [2.24, 2.45) is 28.2 Å². The van der Waals surface area contributed by atoms with Crippen LogP contribution in [0, 0.1) is 29.0 Å². The van der Waals surface area contributed by atoms with Gasteiger partial charge in [0, 0.05) is 31.4 Å². The van der Waals surface area contributed by atoms with E-state index in [1.54, 1.807) is 23.0 Å². The molecular formula is C33H42FN5O3. The lowest BCUT2D eigenvalue weighted by atomic mass is 9.45. The number of aliphatic imine (C=N–C) groups is 1. The summed E-state index contributed by atoms with van der Waals surface area (Å²) in [5, 5.41) is 4.12. The number of rotatable bonds is 6. The zero-order chi connectivity index (χ0) is 29.6. The number of fused-ring (bicyclic) bond motifs is 3. The molecule has 1 unspecified atom stereocenters. The van der Waals surface area contributed by atoms with Gasteiger partial charge in [-0.25, -0.2) is 14.4 Å². The summed E-state index contributed by atoms with van der Waals surface area (Å²) in [5.74, 6) is 2.96. The van der Waals surface area contributed by atoms with Crippen molar-refractivity contribution in [1.29, 1.82) is 0 Å². The Labute approximate surface area is 246 Å². The fourth-order valence-corrected chi connectivity index (χ4v) is 7.28. The lowest BCUT2D eigenvalue weighted by molar-refractivity contribution is -0.108. The van der Waals surface area contributed by atoms with Crippen molar-refractivity contribution in [3.05, 3.63) is 64.5 Å². The average Bonchev–Trinajstić information content (AvgIpc) is 2.97. The number of ether oxygens (including phenoxy) is 2. The van der Waals surface area contributed by atoms with E-state index in [-0.39, 0.29) is 23.5 Å². The Morgan fingerprint density at radius 2 is 2.05 bits per heavy atom. The van der Waals surface area contributed by atoms with Crippen LogP contribution in [-0.4, -0.2) is 59.4 Å². The van der Waals surface area contributed by atoms with E-state index < -0.39 is 0 Å². The third kappa shape index (κ3) is 5.39. The third-order valence-electron chi connectivity index (χ3n) is 10.1. The van der Waals surface area contributed by atoms with Crippen molar-refractivity contribution >= 4 is 22.5 Å². The molecule has 0 amide bonds. The largest absolute Gasteiger partial charge is 0.497 e.